The summed E-state index contributed by atoms with van der Waals surface area (Å²) in [5, 5.41) is 16.4. The number of aliphatic hydroxyl groups is 1. The van der Waals surface area contributed by atoms with E-state index >= 15 is 0 Å². The summed E-state index contributed by atoms with van der Waals surface area (Å²) >= 11 is 0. The number of hydrogen-bond acceptors (Lipinski definition) is 4. The maximum Gasteiger partial charge on any atom is 0.191 e. The minimum Gasteiger partial charge on any atom is -0.396 e. The monoisotopic (exact) mass is 425 g/mol. The molecule has 1 saturated heterocycles. The summed E-state index contributed by atoms with van der Waals surface area (Å²) in [7, 11) is 0. The zero-order valence-corrected chi connectivity index (χ0v) is 18.4. The minimum atomic E-state index is 0.0238. The van der Waals surface area contributed by atoms with E-state index in [9.17, 15) is 5.11 Å². The van der Waals surface area contributed by atoms with E-state index in [1.54, 1.807) is 0 Å². The van der Waals surface area contributed by atoms with Gasteiger partial charge in [-0.05, 0) is 36.5 Å². The van der Waals surface area contributed by atoms with Crippen LogP contribution in [0.3, 0.4) is 0 Å². The van der Waals surface area contributed by atoms with Crippen molar-refractivity contribution < 1.29 is 14.6 Å². The van der Waals surface area contributed by atoms with Crippen LogP contribution in [0.5, 0.6) is 0 Å². The van der Waals surface area contributed by atoms with Gasteiger partial charge >= 0.3 is 0 Å². The molecule has 0 saturated carbocycles. The molecule has 1 atom stereocenters. The molecule has 31 heavy (non-hydrogen) atoms. The maximum atomic E-state index is 9.79. The summed E-state index contributed by atoms with van der Waals surface area (Å²) in [6, 6.07) is 18.5. The van der Waals surface area contributed by atoms with Crippen LogP contribution >= 0.6 is 0 Å². The van der Waals surface area contributed by atoms with E-state index in [-0.39, 0.29) is 12.5 Å². The second-order valence-corrected chi connectivity index (χ2v) is 7.81. The minimum absolute atomic E-state index is 0.0238. The van der Waals surface area contributed by atoms with Gasteiger partial charge in [-0.2, -0.15) is 0 Å². The number of hydrogen-bond donors (Lipinski definition) is 3. The van der Waals surface area contributed by atoms with E-state index in [0.29, 0.717) is 25.8 Å². The first-order valence-corrected chi connectivity index (χ1v) is 11.2. The molecule has 1 aliphatic rings. The van der Waals surface area contributed by atoms with Crippen LogP contribution in [0, 0.1) is 0 Å². The van der Waals surface area contributed by atoms with Gasteiger partial charge in [-0.3, -0.25) is 0 Å². The molecule has 0 spiro atoms. The number of nitrogens with one attached hydrogen (secondary N) is 2. The number of nitrogens with zero attached hydrogens (tertiary/aromatic N) is 1. The summed E-state index contributed by atoms with van der Waals surface area (Å²) in [5.41, 5.74) is 3.43. The van der Waals surface area contributed by atoms with Gasteiger partial charge in [0.1, 0.15) is 0 Å². The van der Waals surface area contributed by atoms with Gasteiger partial charge in [0.05, 0.1) is 25.9 Å². The molecule has 6 nitrogen and oxygen atoms in total. The summed E-state index contributed by atoms with van der Waals surface area (Å²) in [6.07, 6.45) is 2.24. The lowest BCUT2D eigenvalue weighted by Crippen LogP contribution is -2.39. The van der Waals surface area contributed by atoms with Crippen molar-refractivity contribution in [1.29, 1.82) is 0 Å². The largest absolute Gasteiger partial charge is 0.396 e. The third-order valence-corrected chi connectivity index (χ3v) is 5.42. The van der Waals surface area contributed by atoms with Crippen LogP contribution in [-0.4, -0.2) is 50.1 Å². The zero-order chi connectivity index (χ0) is 21.7. The Hall–Kier alpha value is -2.41. The summed E-state index contributed by atoms with van der Waals surface area (Å²) in [4.78, 5) is 4.73. The lowest BCUT2D eigenvalue weighted by atomic mass is 10.0. The third-order valence-electron chi connectivity index (χ3n) is 5.42. The molecule has 1 fully saturated rings. The van der Waals surface area contributed by atoms with Crippen molar-refractivity contribution in [2.24, 2.45) is 4.99 Å². The van der Waals surface area contributed by atoms with Gasteiger partial charge in [0.15, 0.2) is 5.96 Å². The lowest BCUT2D eigenvalue weighted by molar-refractivity contribution is -0.0390. The molecule has 0 aromatic heterocycles. The summed E-state index contributed by atoms with van der Waals surface area (Å²) in [6.45, 7) is 6.32. The molecule has 6 heteroatoms. The average molecular weight is 426 g/mol. The van der Waals surface area contributed by atoms with E-state index in [0.717, 1.165) is 49.7 Å². The van der Waals surface area contributed by atoms with Crippen LogP contribution < -0.4 is 10.6 Å². The molecule has 1 heterocycles. The number of aliphatic imine (C=N–C) groups is 1. The van der Waals surface area contributed by atoms with Gasteiger partial charge in [-0.1, -0.05) is 54.6 Å². The predicted molar refractivity (Wildman–Crippen MR) is 124 cm³/mol. The lowest BCUT2D eigenvalue weighted by Gasteiger charge is -2.22. The van der Waals surface area contributed by atoms with Crippen LogP contribution in [0.2, 0.25) is 0 Å². The number of ether oxygens (including phenoxy) is 2. The first-order valence-electron chi connectivity index (χ1n) is 11.2. The Balaban J connectivity index is 1.54. The number of aliphatic hydroxyl groups excluding tert-OH is 1. The Morgan fingerprint density at radius 3 is 2.61 bits per heavy atom. The normalized spacial score (nSPS) is 16.1. The molecule has 168 valence electrons. The van der Waals surface area contributed by atoms with E-state index in [4.69, 9.17) is 14.5 Å². The van der Waals surface area contributed by atoms with Crippen LogP contribution in [-0.2, 0) is 22.6 Å². The molecular weight excluding hydrogens is 390 g/mol. The fourth-order valence-corrected chi connectivity index (χ4v) is 3.62. The van der Waals surface area contributed by atoms with Crippen molar-refractivity contribution in [3.8, 4) is 0 Å². The molecule has 2 aromatic carbocycles. The van der Waals surface area contributed by atoms with Gasteiger partial charge in [-0.25, -0.2) is 4.99 Å². The first kappa shape index (κ1) is 23.3. The Morgan fingerprint density at radius 2 is 1.87 bits per heavy atom. The van der Waals surface area contributed by atoms with E-state index in [1.807, 2.05) is 37.3 Å². The summed E-state index contributed by atoms with van der Waals surface area (Å²) < 4.78 is 11.4. The molecule has 1 aliphatic heterocycles. The molecule has 3 rings (SSSR count). The van der Waals surface area contributed by atoms with Crippen LogP contribution in [0.15, 0.2) is 59.6 Å². The number of rotatable bonds is 10. The van der Waals surface area contributed by atoms with Crippen molar-refractivity contribution in [2.75, 3.05) is 32.9 Å². The maximum absolute atomic E-state index is 9.79. The Bertz CT molecular complexity index is 792. The van der Waals surface area contributed by atoms with E-state index in [1.165, 1.54) is 5.56 Å². The highest BCUT2D eigenvalue weighted by Gasteiger charge is 2.14. The van der Waals surface area contributed by atoms with Crippen molar-refractivity contribution >= 4 is 5.96 Å². The van der Waals surface area contributed by atoms with Crippen molar-refractivity contribution in [3.05, 3.63) is 71.3 Å². The molecule has 0 bridgehead atoms. The van der Waals surface area contributed by atoms with Gasteiger partial charge in [0.2, 0.25) is 0 Å². The van der Waals surface area contributed by atoms with Crippen molar-refractivity contribution in [2.45, 2.75) is 44.9 Å². The first-order chi connectivity index (χ1) is 15.3. The second kappa shape index (κ2) is 13.1. The quantitative estimate of drug-likeness (QED) is 0.403. The molecule has 2 aromatic rings. The predicted octanol–water partition coefficient (Wildman–Crippen LogP) is 3.21. The standard InChI is InChI=1S/C25H35N3O3/c1-2-26-25(28-17-23(18-29)22-9-4-3-5-10-22)27-16-20-7-6-8-21(15-20)19-31-24-11-13-30-14-12-24/h3-10,15,23-24,29H,2,11-14,16-19H2,1H3,(H2,26,27,28). The Morgan fingerprint density at radius 1 is 1.10 bits per heavy atom. The fourth-order valence-electron chi connectivity index (χ4n) is 3.62. The highest BCUT2D eigenvalue weighted by Crippen LogP contribution is 2.15. The topological polar surface area (TPSA) is 75.1 Å². The highest BCUT2D eigenvalue weighted by molar-refractivity contribution is 5.79. The van der Waals surface area contributed by atoms with Gasteiger partial charge in [0.25, 0.3) is 0 Å². The molecule has 0 amide bonds. The molecule has 0 radical (unpaired) electrons. The number of benzene rings is 2. The highest BCUT2D eigenvalue weighted by atomic mass is 16.5. The van der Waals surface area contributed by atoms with Crippen LogP contribution in [0.4, 0.5) is 0 Å². The summed E-state index contributed by atoms with van der Waals surface area (Å²) in [5.74, 6) is 0.774. The molecular formula is C25H35N3O3. The van der Waals surface area contributed by atoms with Gasteiger partial charge in [0, 0.05) is 32.2 Å². The smallest absolute Gasteiger partial charge is 0.191 e. The number of guanidine groups is 1. The van der Waals surface area contributed by atoms with Crippen LogP contribution in [0.1, 0.15) is 42.4 Å². The van der Waals surface area contributed by atoms with Crippen LogP contribution in [0.25, 0.3) is 0 Å². The van der Waals surface area contributed by atoms with Gasteiger partial charge in [-0.15, -0.1) is 0 Å². The van der Waals surface area contributed by atoms with E-state index < -0.39 is 0 Å². The third kappa shape index (κ3) is 7.98. The second-order valence-electron chi connectivity index (χ2n) is 7.81. The zero-order valence-electron chi connectivity index (χ0n) is 18.4. The van der Waals surface area contributed by atoms with E-state index in [2.05, 4.69) is 34.9 Å². The van der Waals surface area contributed by atoms with Crippen molar-refractivity contribution in [3.63, 3.8) is 0 Å². The molecule has 1 unspecified atom stereocenters. The average Bonchev–Trinajstić information content (AvgIpc) is 2.83. The fraction of sp³-hybridized carbons (Fsp3) is 0.480. The Labute approximate surface area is 185 Å². The Kier molecular flexibility index (Phi) is 9.83. The van der Waals surface area contributed by atoms with Crippen molar-refractivity contribution in [1.82, 2.24) is 10.6 Å². The SMILES string of the molecule is CCNC(=NCc1cccc(COC2CCOCC2)c1)NCC(CO)c1ccccc1. The molecule has 0 aliphatic carbocycles. The van der Waals surface area contributed by atoms with Gasteiger partial charge < -0.3 is 25.2 Å². The molecule has 3 N–H and O–H groups in total.